The number of nitrogens with zero attached hydrogens (tertiary/aromatic N) is 1. The van der Waals surface area contributed by atoms with E-state index in [2.05, 4.69) is 4.72 Å². The van der Waals surface area contributed by atoms with Crippen molar-refractivity contribution in [1.82, 2.24) is 4.72 Å². The Morgan fingerprint density at radius 3 is 2.48 bits per heavy atom. The van der Waals surface area contributed by atoms with Crippen LogP contribution in [0.1, 0.15) is 42.5 Å². The number of aliphatic hydroxyl groups excluding tert-OH is 1. The van der Waals surface area contributed by atoms with Gasteiger partial charge in [0, 0.05) is 18.7 Å². The molecule has 160 valence electrons. The van der Waals surface area contributed by atoms with Crippen LogP contribution in [0.5, 0.6) is 0 Å². The zero-order valence-electron chi connectivity index (χ0n) is 16.5. The van der Waals surface area contributed by atoms with E-state index in [9.17, 15) is 21.9 Å². The number of sulfonamides is 2. The molecule has 0 radical (unpaired) electrons. The van der Waals surface area contributed by atoms with Crippen molar-refractivity contribution in [3.05, 3.63) is 47.4 Å². The molecule has 1 aromatic carbocycles. The number of benzene rings is 1. The van der Waals surface area contributed by atoms with Gasteiger partial charge in [0.2, 0.25) is 20.0 Å². The van der Waals surface area contributed by atoms with Crippen molar-refractivity contribution in [3.8, 4) is 0 Å². The van der Waals surface area contributed by atoms with E-state index >= 15 is 0 Å². The van der Waals surface area contributed by atoms with Crippen molar-refractivity contribution in [2.75, 3.05) is 23.1 Å². The number of furan rings is 1. The lowest BCUT2D eigenvalue weighted by atomic mass is 10.1. The topological polar surface area (TPSA) is 117 Å². The van der Waals surface area contributed by atoms with Crippen LogP contribution in [0.15, 0.2) is 39.6 Å². The van der Waals surface area contributed by atoms with E-state index in [4.69, 9.17) is 4.42 Å². The van der Waals surface area contributed by atoms with Gasteiger partial charge in [0.1, 0.15) is 11.5 Å². The Morgan fingerprint density at radius 1 is 1.21 bits per heavy atom. The molecule has 2 heterocycles. The van der Waals surface area contributed by atoms with Gasteiger partial charge in [-0.2, -0.15) is 0 Å². The molecule has 3 rings (SSSR count). The molecule has 0 aliphatic carbocycles. The molecule has 2 N–H and O–H groups in total. The SMILES string of the molecule is Cc1cc([C@H](O)CCNS(=O)(=O)c2ccc(N3CCCCS3(=O)=O)cc2)c(C)o1. The van der Waals surface area contributed by atoms with Crippen LogP contribution in [0.4, 0.5) is 5.69 Å². The van der Waals surface area contributed by atoms with E-state index in [1.807, 2.05) is 0 Å². The molecule has 1 saturated heterocycles. The van der Waals surface area contributed by atoms with Crippen molar-refractivity contribution >= 4 is 25.7 Å². The highest BCUT2D eigenvalue weighted by Gasteiger charge is 2.26. The van der Waals surface area contributed by atoms with Crippen molar-refractivity contribution < 1.29 is 26.4 Å². The summed E-state index contributed by atoms with van der Waals surface area (Å²) in [4.78, 5) is 0.0421. The maximum absolute atomic E-state index is 12.5. The number of rotatable bonds is 7. The second-order valence-electron chi connectivity index (χ2n) is 7.16. The van der Waals surface area contributed by atoms with Crippen LogP contribution in [0.2, 0.25) is 0 Å². The summed E-state index contributed by atoms with van der Waals surface area (Å²) in [6.07, 6.45) is 0.780. The molecule has 1 aromatic heterocycles. The predicted octanol–water partition coefficient (Wildman–Crippen LogP) is 2.23. The molecule has 8 nitrogen and oxygen atoms in total. The zero-order valence-corrected chi connectivity index (χ0v) is 18.1. The highest BCUT2D eigenvalue weighted by atomic mass is 32.2. The Labute approximate surface area is 171 Å². The standard InChI is InChI=1S/C19H26N2O6S2/c1-14-13-18(15(2)27-14)19(22)9-10-20-29(25,26)17-7-5-16(6-8-17)21-11-3-4-12-28(21,23)24/h5-8,13,19-20,22H,3-4,9-12H2,1-2H3/t19-/m1/s1. The number of anilines is 1. The van der Waals surface area contributed by atoms with Gasteiger partial charge in [-0.1, -0.05) is 0 Å². The number of hydrogen-bond donors (Lipinski definition) is 2. The smallest absolute Gasteiger partial charge is 0.240 e. The fourth-order valence-electron chi connectivity index (χ4n) is 3.42. The lowest BCUT2D eigenvalue weighted by Gasteiger charge is -2.28. The van der Waals surface area contributed by atoms with Gasteiger partial charge in [-0.3, -0.25) is 4.31 Å². The van der Waals surface area contributed by atoms with Crippen LogP contribution < -0.4 is 9.03 Å². The van der Waals surface area contributed by atoms with Gasteiger partial charge in [-0.05, 0) is 63.4 Å². The third kappa shape index (κ3) is 5.00. The molecule has 2 aromatic rings. The summed E-state index contributed by atoms with van der Waals surface area (Å²) in [5, 5.41) is 10.3. The molecule has 0 saturated carbocycles. The van der Waals surface area contributed by atoms with Gasteiger partial charge in [0.05, 0.1) is 22.4 Å². The summed E-state index contributed by atoms with van der Waals surface area (Å²) >= 11 is 0. The quantitative estimate of drug-likeness (QED) is 0.679. The third-order valence-electron chi connectivity index (χ3n) is 4.93. The zero-order chi connectivity index (χ0) is 21.2. The van der Waals surface area contributed by atoms with Gasteiger partial charge < -0.3 is 9.52 Å². The van der Waals surface area contributed by atoms with Gasteiger partial charge in [0.25, 0.3) is 0 Å². The Morgan fingerprint density at radius 2 is 1.90 bits per heavy atom. The predicted molar refractivity (Wildman–Crippen MR) is 110 cm³/mol. The summed E-state index contributed by atoms with van der Waals surface area (Å²) in [7, 11) is -7.12. The normalized spacial score (nSPS) is 18.0. The Balaban J connectivity index is 1.63. The van der Waals surface area contributed by atoms with Crippen LogP contribution in [0.25, 0.3) is 0 Å². The highest BCUT2D eigenvalue weighted by Crippen LogP contribution is 2.26. The molecule has 0 amide bonds. The van der Waals surface area contributed by atoms with Crippen molar-refractivity contribution in [2.45, 2.75) is 44.1 Å². The van der Waals surface area contributed by atoms with Crippen molar-refractivity contribution in [1.29, 1.82) is 0 Å². The second-order valence-corrected chi connectivity index (χ2v) is 10.9. The average molecular weight is 443 g/mol. The van der Waals surface area contributed by atoms with Gasteiger partial charge in [0.15, 0.2) is 0 Å². The van der Waals surface area contributed by atoms with Crippen molar-refractivity contribution in [3.63, 3.8) is 0 Å². The molecule has 0 spiro atoms. The first-order valence-corrected chi connectivity index (χ1v) is 12.5. The lowest BCUT2D eigenvalue weighted by Crippen LogP contribution is -2.37. The van der Waals surface area contributed by atoms with E-state index in [-0.39, 0.29) is 23.6 Å². The van der Waals surface area contributed by atoms with Crippen LogP contribution in [0.3, 0.4) is 0 Å². The molecule has 1 aliphatic heterocycles. The van der Waals surface area contributed by atoms with E-state index in [1.165, 1.54) is 28.6 Å². The third-order valence-corrected chi connectivity index (χ3v) is 8.28. The molecule has 0 bridgehead atoms. The number of hydrogen-bond acceptors (Lipinski definition) is 6. The minimum absolute atomic E-state index is 0.0421. The van der Waals surface area contributed by atoms with Gasteiger partial charge in [-0.25, -0.2) is 21.6 Å². The van der Waals surface area contributed by atoms with E-state index in [1.54, 1.807) is 19.9 Å². The average Bonchev–Trinajstić information content (AvgIpc) is 2.99. The summed E-state index contributed by atoms with van der Waals surface area (Å²) in [5.41, 5.74) is 1.11. The number of aliphatic hydroxyl groups is 1. The molecular formula is C19H26N2O6S2. The van der Waals surface area contributed by atoms with E-state index in [0.717, 1.165) is 6.42 Å². The maximum atomic E-state index is 12.5. The minimum Gasteiger partial charge on any atom is -0.466 e. The molecule has 1 atom stereocenters. The first kappa shape index (κ1) is 21.8. The van der Waals surface area contributed by atoms with Crippen LogP contribution in [0, 0.1) is 13.8 Å². The molecular weight excluding hydrogens is 416 g/mol. The van der Waals surface area contributed by atoms with Gasteiger partial charge in [-0.15, -0.1) is 0 Å². The largest absolute Gasteiger partial charge is 0.466 e. The second kappa shape index (κ2) is 8.47. The van der Waals surface area contributed by atoms with Crippen molar-refractivity contribution in [2.24, 2.45) is 0 Å². The summed E-state index contributed by atoms with van der Waals surface area (Å²) < 4.78 is 58.5. The summed E-state index contributed by atoms with van der Waals surface area (Å²) in [5.74, 6) is 1.40. The maximum Gasteiger partial charge on any atom is 0.240 e. The number of nitrogens with one attached hydrogen (secondary N) is 1. The fourth-order valence-corrected chi connectivity index (χ4v) is 6.11. The van der Waals surface area contributed by atoms with Crippen LogP contribution in [-0.2, 0) is 20.0 Å². The monoisotopic (exact) mass is 442 g/mol. The number of aryl methyl sites for hydroxylation is 2. The molecule has 1 fully saturated rings. The lowest BCUT2D eigenvalue weighted by molar-refractivity contribution is 0.167. The molecule has 29 heavy (non-hydrogen) atoms. The van der Waals surface area contributed by atoms with Crippen LogP contribution >= 0.6 is 0 Å². The molecule has 10 heteroatoms. The first-order chi connectivity index (χ1) is 13.6. The molecule has 1 aliphatic rings. The Hall–Kier alpha value is -1.88. The van der Waals surface area contributed by atoms with E-state index < -0.39 is 26.2 Å². The Kier molecular flexibility index (Phi) is 6.37. The minimum atomic E-state index is -3.77. The fraction of sp³-hybridized carbons (Fsp3) is 0.474. The molecule has 0 unspecified atom stereocenters. The first-order valence-electron chi connectivity index (χ1n) is 9.45. The van der Waals surface area contributed by atoms with Gasteiger partial charge >= 0.3 is 0 Å². The summed E-state index contributed by atoms with van der Waals surface area (Å²) in [6, 6.07) is 7.53. The Bertz CT molecular complexity index is 1060. The van der Waals surface area contributed by atoms with Crippen LogP contribution in [-0.4, -0.2) is 40.8 Å². The highest BCUT2D eigenvalue weighted by molar-refractivity contribution is 7.92. The summed E-state index contributed by atoms with van der Waals surface area (Å²) in [6.45, 7) is 3.98. The van der Waals surface area contributed by atoms with E-state index in [0.29, 0.717) is 35.7 Å².